The molecule has 5 rings (SSSR count). The monoisotopic (exact) mass is 423 g/mol. The Morgan fingerprint density at radius 2 is 1.81 bits per heavy atom. The molecule has 3 aliphatic heterocycles. The second-order valence-electron chi connectivity index (χ2n) is 8.32. The summed E-state index contributed by atoms with van der Waals surface area (Å²) in [5.41, 5.74) is 2.54. The van der Waals surface area contributed by atoms with Gasteiger partial charge in [-0.1, -0.05) is 0 Å². The van der Waals surface area contributed by atoms with Crippen molar-refractivity contribution in [2.75, 3.05) is 62.8 Å². The van der Waals surface area contributed by atoms with Crippen LogP contribution < -0.4 is 25.6 Å². The molecule has 0 bridgehead atoms. The molecule has 0 spiro atoms. The van der Waals surface area contributed by atoms with Gasteiger partial charge >= 0.3 is 0 Å². The Balaban J connectivity index is 1.23. The number of benzene rings is 1. The lowest BCUT2D eigenvalue weighted by Crippen LogP contribution is -2.44. The Labute approximate surface area is 182 Å². The quantitative estimate of drug-likeness (QED) is 0.665. The predicted octanol–water partition coefficient (Wildman–Crippen LogP) is 1.42. The average molecular weight is 424 g/mol. The number of piperidine rings is 1. The van der Waals surface area contributed by atoms with Gasteiger partial charge in [0.25, 0.3) is 5.91 Å². The molecule has 31 heavy (non-hydrogen) atoms. The highest BCUT2D eigenvalue weighted by atomic mass is 16.5. The molecular weight excluding hydrogens is 394 g/mol. The summed E-state index contributed by atoms with van der Waals surface area (Å²) < 4.78 is 5.81. The third-order valence-electron chi connectivity index (χ3n) is 6.17. The molecule has 0 saturated carbocycles. The standard InChI is InChI=1S/C22H29N7O2/c30-21-19-13-25-22(26-17-1-3-18(4-2-17)28-11-9-24-10-12-28)27-20(19)31-15-29(21)14-16-5-7-23-8-6-16/h1-4,13,16,23-24H,5-12,14-15H2,(H,25,26,27). The molecule has 9 nitrogen and oxygen atoms in total. The zero-order chi connectivity index (χ0) is 21.0. The first-order valence-electron chi connectivity index (χ1n) is 11.1. The lowest BCUT2D eigenvalue weighted by Gasteiger charge is -2.32. The van der Waals surface area contributed by atoms with Gasteiger partial charge in [-0.25, -0.2) is 4.98 Å². The number of rotatable bonds is 5. The first-order chi connectivity index (χ1) is 15.3. The van der Waals surface area contributed by atoms with Gasteiger partial charge in [-0.15, -0.1) is 0 Å². The van der Waals surface area contributed by atoms with E-state index >= 15 is 0 Å². The average Bonchev–Trinajstić information content (AvgIpc) is 2.83. The minimum atomic E-state index is -0.0493. The van der Waals surface area contributed by atoms with E-state index in [9.17, 15) is 4.79 Å². The first-order valence-corrected chi connectivity index (χ1v) is 11.1. The summed E-state index contributed by atoms with van der Waals surface area (Å²) in [4.78, 5) is 25.8. The molecule has 3 aliphatic rings. The largest absolute Gasteiger partial charge is 0.455 e. The van der Waals surface area contributed by atoms with Crippen molar-refractivity contribution >= 4 is 23.2 Å². The minimum Gasteiger partial charge on any atom is -0.455 e. The molecule has 0 radical (unpaired) electrons. The van der Waals surface area contributed by atoms with E-state index in [1.54, 1.807) is 11.1 Å². The topological polar surface area (TPSA) is 94.7 Å². The van der Waals surface area contributed by atoms with Crippen LogP contribution in [0.15, 0.2) is 30.5 Å². The number of aromatic nitrogens is 2. The molecule has 2 saturated heterocycles. The summed E-state index contributed by atoms with van der Waals surface area (Å²) >= 11 is 0. The van der Waals surface area contributed by atoms with E-state index in [2.05, 4.69) is 43.0 Å². The number of fused-ring (bicyclic) bond motifs is 1. The van der Waals surface area contributed by atoms with Crippen LogP contribution in [0.3, 0.4) is 0 Å². The lowest BCUT2D eigenvalue weighted by atomic mass is 9.97. The number of piperazine rings is 1. The Morgan fingerprint density at radius 3 is 2.58 bits per heavy atom. The van der Waals surface area contributed by atoms with Gasteiger partial charge in [-0.2, -0.15) is 4.98 Å². The summed E-state index contributed by atoms with van der Waals surface area (Å²) in [6.07, 6.45) is 3.74. The fourth-order valence-electron chi connectivity index (χ4n) is 4.37. The van der Waals surface area contributed by atoms with Crippen molar-refractivity contribution in [3.05, 3.63) is 36.0 Å². The molecule has 164 valence electrons. The lowest BCUT2D eigenvalue weighted by molar-refractivity contribution is 0.0442. The van der Waals surface area contributed by atoms with Gasteiger partial charge in [0.1, 0.15) is 5.56 Å². The van der Waals surface area contributed by atoms with Crippen LogP contribution >= 0.6 is 0 Å². The highest BCUT2D eigenvalue weighted by molar-refractivity contribution is 5.97. The van der Waals surface area contributed by atoms with Crippen molar-refractivity contribution in [1.82, 2.24) is 25.5 Å². The van der Waals surface area contributed by atoms with Gasteiger partial charge in [0.05, 0.1) is 0 Å². The molecule has 2 aromatic rings. The number of carbonyl (C=O) groups excluding carboxylic acids is 1. The summed E-state index contributed by atoms with van der Waals surface area (Å²) in [5, 5.41) is 9.94. The van der Waals surface area contributed by atoms with Crippen LogP contribution in [0, 0.1) is 5.92 Å². The van der Waals surface area contributed by atoms with Crippen LogP contribution in [-0.4, -0.2) is 73.3 Å². The summed E-state index contributed by atoms with van der Waals surface area (Å²) in [7, 11) is 0. The van der Waals surface area contributed by atoms with Gasteiger partial charge in [0.15, 0.2) is 6.73 Å². The Morgan fingerprint density at radius 1 is 1.06 bits per heavy atom. The summed E-state index contributed by atoms with van der Waals surface area (Å²) in [5.74, 6) is 1.24. The Bertz CT molecular complexity index is 909. The second kappa shape index (κ2) is 9.07. The van der Waals surface area contributed by atoms with Crippen LogP contribution in [0.5, 0.6) is 5.88 Å². The molecule has 0 atom stereocenters. The fraction of sp³-hybridized carbons (Fsp3) is 0.500. The maximum atomic E-state index is 12.9. The van der Waals surface area contributed by atoms with Crippen LogP contribution in [0.25, 0.3) is 0 Å². The molecule has 1 aromatic carbocycles. The smallest absolute Gasteiger partial charge is 0.263 e. The molecule has 1 aromatic heterocycles. The number of nitrogens with one attached hydrogen (secondary N) is 3. The first kappa shape index (κ1) is 20.0. The molecule has 0 aliphatic carbocycles. The van der Waals surface area contributed by atoms with Crippen molar-refractivity contribution in [3.8, 4) is 5.88 Å². The van der Waals surface area contributed by atoms with Crippen LogP contribution in [0.1, 0.15) is 23.2 Å². The van der Waals surface area contributed by atoms with E-state index in [0.717, 1.165) is 64.3 Å². The number of hydrogen-bond acceptors (Lipinski definition) is 8. The third kappa shape index (κ3) is 4.57. The van der Waals surface area contributed by atoms with E-state index in [4.69, 9.17) is 4.74 Å². The van der Waals surface area contributed by atoms with Crippen LogP contribution in [0.2, 0.25) is 0 Å². The normalized spacial score (nSPS) is 19.7. The second-order valence-corrected chi connectivity index (χ2v) is 8.32. The van der Waals surface area contributed by atoms with E-state index in [0.29, 0.717) is 23.3 Å². The summed E-state index contributed by atoms with van der Waals surface area (Å²) in [6.45, 7) is 7.04. The Kier molecular flexibility index (Phi) is 5.86. The molecule has 1 amide bonds. The minimum absolute atomic E-state index is 0.0493. The van der Waals surface area contributed by atoms with Crippen LogP contribution in [-0.2, 0) is 0 Å². The number of nitrogens with zero attached hydrogens (tertiary/aromatic N) is 4. The van der Waals surface area contributed by atoms with Crippen molar-refractivity contribution in [1.29, 1.82) is 0 Å². The zero-order valence-electron chi connectivity index (χ0n) is 17.6. The van der Waals surface area contributed by atoms with E-state index in [1.807, 2.05) is 12.1 Å². The molecule has 2 fully saturated rings. The van der Waals surface area contributed by atoms with Crippen molar-refractivity contribution in [3.63, 3.8) is 0 Å². The van der Waals surface area contributed by atoms with E-state index in [-0.39, 0.29) is 12.6 Å². The molecule has 9 heteroatoms. The fourth-order valence-corrected chi connectivity index (χ4v) is 4.37. The van der Waals surface area contributed by atoms with Gasteiger partial charge in [-0.3, -0.25) is 4.79 Å². The van der Waals surface area contributed by atoms with Crippen molar-refractivity contribution < 1.29 is 9.53 Å². The predicted molar refractivity (Wildman–Crippen MR) is 119 cm³/mol. The number of hydrogen-bond donors (Lipinski definition) is 3. The van der Waals surface area contributed by atoms with Crippen molar-refractivity contribution in [2.24, 2.45) is 5.92 Å². The van der Waals surface area contributed by atoms with Gasteiger partial charge < -0.3 is 30.5 Å². The highest BCUT2D eigenvalue weighted by Gasteiger charge is 2.30. The van der Waals surface area contributed by atoms with Crippen LogP contribution in [0.4, 0.5) is 17.3 Å². The maximum absolute atomic E-state index is 12.9. The molecule has 0 unspecified atom stereocenters. The van der Waals surface area contributed by atoms with E-state index < -0.39 is 0 Å². The van der Waals surface area contributed by atoms with E-state index in [1.165, 1.54) is 5.69 Å². The third-order valence-corrected chi connectivity index (χ3v) is 6.17. The van der Waals surface area contributed by atoms with Gasteiger partial charge in [0, 0.05) is 50.3 Å². The SMILES string of the molecule is O=C1c2cnc(Nc3ccc(N4CCNCC4)cc3)nc2OCN1CC1CCNCC1. The number of ether oxygens (including phenoxy) is 1. The van der Waals surface area contributed by atoms with Crippen molar-refractivity contribution in [2.45, 2.75) is 12.8 Å². The highest BCUT2D eigenvalue weighted by Crippen LogP contribution is 2.26. The number of anilines is 3. The molecular formula is C22H29N7O2. The van der Waals surface area contributed by atoms with Gasteiger partial charge in [-0.05, 0) is 56.1 Å². The number of carbonyl (C=O) groups is 1. The zero-order valence-corrected chi connectivity index (χ0v) is 17.6. The molecule has 4 heterocycles. The Hall–Kier alpha value is -2.91. The molecule has 3 N–H and O–H groups in total. The van der Waals surface area contributed by atoms with Gasteiger partial charge in [0.2, 0.25) is 11.8 Å². The maximum Gasteiger partial charge on any atom is 0.263 e. The number of amides is 1. The summed E-state index contributed by atoms with van der Waals surface area (Å²) in [6, 6.07) is 8.25.